The zero-order valence-corrected chi connectivity index (χ0v) is 14.0. The van der Waals surface area contributed by atoms with Gasteiger partial charge in [-0.15, -0.1) is 0 Å². The topological polar surface area (TPSA) is 64.8 Å². The zero-order chi connectivity index (χ0) is 17.0. The van der Waals surface area contributed by atoms with Gasteiger partial charge < -0.3 is 20.1 Å². The van der Waals surface area contributed by atoms with Gasteiger partial charge in [0.1, 0.15) is 17.2 Å². The summed E-state index contributed by atoms with van der Waals surface area (Å²) in [5.41, 5.74) is 5.05. The molecule has 0 radical (unpaired) electrons. The molecule has 1 aromatic rings. The summed E-state index contributed by atoms with van der Waals surface area (Å²) in [6.07, 6.45) is 1.58. The molecule has 1 heterocycles. The minimum absolute atomic E-state index is 0.103. The summed E-state index contributed by atoms with van der Waals surface area (Å²) in [6.45, 7) is 7.28. The van der Waals surface area contributed by atoms with E-state index in [-0.39, 0.29) is 17.7 Å². The van der Waals surface area contributed by atoms with Crippen molar-refractivity contribution in [3.63, 3.8) is 0 Å². The Morgan fingerprint density at radius 3 is 2.83 bits per heavy atom. The molecule has 23 heavy (non-hydrogen) atoms. The molecular weight excluding hydrogens is 299 g/mol. The van der Waals surface area contributed by atoms with Crippen LogP contribution in [-0.4, -0.2) is 36.3 Å². The van der Waals surface area contributed by atoms with Crippen LogP contribution in [0.25, 0.3) is 0 Å². The summed E-state index contributed by atoms with van der Waals surface area (Å²) < 4.78 is 24.4. The van der Waals surface area contributed by atoms with Gasteiger partial charge in [-0.1, -0.05) is 0 Å². The van der Waals surface area contributed by atoms with Gasteiger partial charge in [0.15, 0.2) is 0 Å². The maximum atomic E-state index is 13.4. The van der Waals surface area contributed by atoms with Crippen molar-refractivity contribution in [2.75, 3.05) is 25.4 Å². The van der Waals surface area contributed by atoms with Gasteiger partial charge >= 0.3 is 6.09 Å². The van der Waals surface area contributed by atoms with Crippen LogP contribution in [-0.2, 0) is 4.74 Å². The van der Waals surface area contributed by atoms with Crippen molar-refractivity contribution in [3.05, 3.63) is 24.0 Å². The van der Waals surface area contributed by atoms with Crippen LogP contribution in [0, 0.1) is 11.7 Å². The lowest BCUT2D eigenvalue weighted by molar-refractivity contribution is 0.0139. The van der Waals surface area contributed by atoms with Crippen LogP contribution in [0.5, 0.6) is 5.75 Å². The number of ether oxygens (including phenoxy) is 2. The van der Waals surface area contributed by atoms with Crippen molar-refractivity contribution in [1.82, 2.24) is 4.90 Å². The van der Waals surface area contributed by atoms with Crippen LogP contribution < -0.4 is 10.5 Å². The number of amides is 1. The van der Waals surface area contributed by atoms with E-state index in [4.69, 9.17) is 15.2 Å². The second kappa shape index (κ2) is 7.06. The van der Waals surface area contributed by atoms with Crippen molar-refractivity contribution >= 4 is 11.8 Å². The van der Waals surface area contributed by atoms with E-state index in [0.717, 1.165) is 12.8 Å². The molecular formula is C17H25FN2O3. The first-order valence-corrected chi connectivity index (χ1v) is 7.90. The minimum atomic E-state index is -0.498. The molecule has 0 aromatic heterocycles. The van der Waals surface area contributed by atoms with Crippen LogP contribution in [0.3, 0.4) is 0 Å². The fraction of sp³-hybridized carbons (Fsp3) is 0.588. The Balaban J connectivity index is 1.86. The SMILES string of the molecule is CC(C)(C)OC(=O)N1CCCC(COc2ccc(N)c(F)c2)C1. The lowest BCUT2D eigenvalue weighted by atomic mass is 9.99. The average Bonchev–Trinajstić information content (AvgIpc) is 2.47. The Hall–Kier alpha value is -1.98. The summed E-state index contributed by atoms with van der Waals surface area (Å²) in [7, 11) is 0. The highest BCUT2D eigenvalue weighted by molar-refractivity contribution is 5.68. The smallest absolute Gasteiger partial charge is 0.410 e. The molecule has 1 amide bonds. The summed E-state index contributed by atoms with van der Waals surface area (Å²) in [4.78, 5) is 13.8. The van der Waals surface area contributed by atoms with Crippen molar-refractivity contribution in [1.29, 1.82) is 0 Å². The maximum Gasteiger partial charge on any atom is 0.410 e. The molecule has 0 aliphatic carbocycles. The van der Waals surface area contributed by atoms with Gasteiger partial charge in [0.25, 0.3) is 0 Å². The summed E-state index contributed by atoms with van der Waals surface area (Å²) >= 11 is 0. The number of nitrogens with two attached hydrogens (primary N) is 1. The number of carbonyl (C=O) groups excluding carboxylic acids is 1. The molecule has 0 bridgehead atoms. The molecule has 5 nitrogen and oxygen atoms in total. The van der Waals surface area contributed by atoms with E-state index in [2.05, 4.69) is 0 Å². The first-order chi connectivity index (χ1) is 10.7. The highest BCUT2D eigenvalue weighted by Gasteiger charge is 2.27. The molecule has 1 aliphatic rings. The summed E-state index contributed by atoms with van der Waals surface area (Å²) in [5, 5.41) is 0. The highest BCUT2D eigenvalue weighted by atomic mass is 19.1. The number of piperidine rings is 1. The predicted octanol–water partition coefficient (Wildman–Crippen LogP) is 3.43. The van der Waals surface area contributed by atoms with E-state index < -0.39 is 11.4 Å². The Bertz CT molecular complexity index is 557. The molecule has 1 atom stereocenters. The fourth-order valence-electron chi connectivity index (χ4n) is 2.51. The Labute approximate surface area is 136 Å². The molecule has 128 valence electrons. The van der Waals surface area contributed by atoms with E-state index in [9.17, 15) is 9.18 Å². The van der Waals surface area contributed by atoms with E-state index in [1.54, 1.807) is 11.0 Å². The molecule has 1 aromatic carbocycles. The molecule has 0 saturated carbocycles. The van der Waals surface area contributed by atoms with Gasteiger partial charge in [-0.25, -0.2) is 9.18 Å². The Kier molecular flexibility index (Phi) is 5.34. The summed E-state index contributed by atoms with van der Waals surface area (Å²) in [6, 6.07) is 4.41. The molecule has 1 saturated heterocycles. The average molecular weight is 324 g/mol. The van der Waals surface area contributed by atoms with Crippen LogP contribution in [0.15, 0.2) is 18.2 Å². The maximum absolute atomic E-state index is 13.4. The van der Waals surface area contributed by atoms with Crippen LogP contribution >= 0.6 is 0 Å². The number of halogens is 1. The van der Waals surface area contributed by atoms with Gasteiger partial charge in [0, 0.05) is 25.1 Å². The van der Waals surface area contributed by atoms with Crippen molar-refractivity contribution in [2.45, 2.75) is 39.2 Å². The number of likely N-dealkylation sites (tertiary alicyclic amines) is 1. The van der Waals surface area contributed by atoms with E-state index >= 15 is 0 Å². The molecule has 2 N–H and O–H groups in total. The fourth-order valence-corrected chi connectivity index (χ4v) is 2.51. The third kappa shape index (κ3) is 5.30. The molecule has 6 heteroatoms. The number of benzene rings is 1. The number of nitrogen functional groups attached to an aromatic ring is 1. The molecule has 2 rings (SSSR count). The second-order valence-corrected chi connectivity index (χ2v) is 6.93. The van der Waals surface area contributed by atoms with Crippen molar-refractivity contribution in [2.24, 2.45) is 5.92 Å². The van der Waals surface area contributed by atoms with Crippen LogP contribution in [0.4, 0.5) is 14.9 Å². The largest absolute Gasteiger partial charge is 0.493 e. The Morgan fingerprint density at radius 1 is 1.43 bits per heavy atom. The normalized spacial score (nSPS) is 18.6. The predicted molar refractivity (Wildman–Crippen MR) is 86.8 cm³/mol. The first-order valence-electron chi connectivity index (χ1n) is 7.90. The van der Waals surface area contributed by atoms with Gasteiger partial charge in [-0.05, 0) is 45.7 Å². The van der Waals surface area contributed by atoms with Crippen molar-refractivity contribution in [3.8, 4) is 5.75 Å². The van der Waals surface area contributed by atoms with Crippen LogP contribution in [0.1, 0.15) is 33.6 Å². The second-order valence-electron chi connectivity index (χ2n) is 6.93. The third-order valence-electron chi connectivity index (χ3n) is 3.63. The Morgan fingerprint density at radius 2 is 2.17 bits per heavy atom. The number of nitrogens with zero attached hydrogens (tertiary/aromatic N) is 1. The van der Waals surface area contributed by atoms with Crippen LogP contribution in [0.2, 0.25) is 0 Å². The quantitative estimate of drug-likeness (QED) is 0.865. The van der Waals surface area contributed by atoms with Gasteiger partial charge in [-0.3, -0.25) is 0 Å². The zero-order valence-electron chi connectivity index (χ0n) is 14.0. The van der Waals surface area contributed by atoms with Gasteiger partial charge in [0.2, 0.25) is 0 Å². The monoisotopic (exact) mass is 324 g/mol. The minimum Gasteiger partial charge on any atom is -0.493 e. The lowest BCUT2D eigenvalue weighted by Gasteiger charge is -2.34. The highest BCUT2D eigenvalue weighted by Crippen LogP contribution is 2.22. The number of hydrogen-bond acceptors (Lipinski definition) is 4. The van der Waals surface area contributed by atoms with Gasteiger partial charge in [0.05, 0.1) is 12.3 Å². The molecule has 1 fully saturated rings. The summed E-state index contributed by atoms with van der Waals surface area (Å²) in [5.74, 6) is 0.171. The van der Waals surface area contributed by atoms with E-state index in [1.807, 2.05) is 20.8 Å². The number of rotatable bonds is 3. The lowest BCUT2D eigenvalue weighted by Crippen LogP contribution is -2.44. The number of hydrogen-bond donors (Lipinski definition) is 1. The molecule has 1 aliphatic heterocycles. The van der Waals surface area contributed by atoms with E-state index in [0.29, 0.717) is 25.4 Å². The molecule has 1 unspecified atom stereocenters. The van der Waals surface area contributed by atoms with E-state index in [1.165, 1.54) is 12.1 Å². The number of anilines is 1. The van der Waals surface area contributed by atoms with Crippen molar-refractivity contribution < 1.29 is 18.7 Å². The third-order valence-corrected chi connectivity index (χ3v) is 3.63. The first kappa shape index (κ1) is 17.4. The van der Waals surface area contributed by atoms with Gasteiger partial charge in [-0.2, -0.15) is 0 Å². The molecule has 0 spiro atoms. The standard InChI is InChI=1S/C17H25FN2O3/c1-17(2,3)23-16(21)20-8-4-5-12(10-20)11-22-13-6-7-15(19)14(18)9-13/h6-7,9,12H,4-5,8,10-11,19H2,1-3H3. The number of carbonyl (C=O) groups is 1.